The monoisotopic (exact) mass is 1010 g/mol. The van der Waals surface area contributed by atoms with Crippen molar-refractivity contribution in [2.24, 2.45) is 16.8 Å². The summed E-state index contributed by atoms with van der Waals surface area (Å²) in [6.45, 7) is 9.15. The van der Waals surface area contributed by atoms with E-state index in [1.807, 2.05) is 92.9 Å². The van der Waals surface area contributed by atoms with Gasteiger partial charge in [-0.05, 0) is 125 Å². The third kappa shape index (κ3) is 11.2. The van der Waals surface area contributed by atoms with Crippen LogP contribution >= 0.6 is 39.1 Å². The van der Waals surface area contributed by atoms with Gasteiger partial charge >= 0.3 is 11.4 Å². The van der Waals surface area contributed by atoms with Crippen LogP contribution in [-0.2, 0) is 18.3 Å². The second-order valence-electron chi connectivity index (χ2n) is 17.3. The molecule has 0 spiro atoms. The van der Waals surface area contributed by atoms with Gasteiger partial charge in [0, 0.05) is 52.8 Å². The number of aromatic amines is 2. The average Bonchev–Trinajstić information content (AvgIpc) is 4.24. The summed E-state index contributed by atoms with van der Waals surface area (Å²) in [4.78, 5) is 72.9. The van der Waals surface area contributed by atoms with Crippen molar-refractivity contribution in [1.29, 1.82) is 0 Å². The minimum atomic E-state index is -0.485. The van der Waals surface area contributed by atoms with E-state index >= 15 is 0 Å². The molecule has 10 rings (SSSR count). The molecule has 2 N–H and O–H groups in total. The SMILES string of the molecule is CC(C)n1c(=O)[nH]c(=O)c2c1nc(-c1cccnc1OCC1CC1)n2Cc1ccc(Cl)cc1.CC(C)n1c2c(c(=O)[nH]c1=O)CC(c1cccnc1OCC1CC1)=N2.Clc1ccc(CBr)cc1. The molecule has 0 atom stereocenters. The zero-order valence-electron chi connectivity index (χ0n) is 37.5. The summed E-state index contributed by atoms with van der Waals surface area (Å²) in [5.74, 6) is 3.14. The highest BCUT2D eigenvalue weighted by molar-refractivity contribution is 9.08. The molecule has 348 valence electrons. The van der Waals surface area contributed by atoms with Crippen LogP contribution in [0.2, 0.25) is 10.0 Å². The topological polar surface area (TPSA) is 184 Å². The Balaban J connectivity index is 0.000000157. The Kier molecular flexibility index (Phi) is 14.7. The Bertz CT molecular complexity index is 3170. The number of fused-ring (bicyclic) bond motifs is 2. The van der Waals surface area contributed by atoms with E-state index in [4.69, 9.17) is 37.7 Å². The number of benzene rings is 2. The molecule has 18 heteroatoms. The van der Waals surface area contributed by atoms with E-state index in [9.17, 15) is 19.2 Å². The molecule has 0 saturated heterocycles. The maximum atomic E-state index is 13.0. The molecule has 6 heterocycles. The predicted octanol–water partition coefficient (Wildman–Crippen LogP) is 9.23. The van der Waals surface area contributed by atoms with Gasteiger partial charge in [0.2, 0.25) is 11.8 Å². The van der Waals surface area contributed by atoms with Gasteiger partial charge in [-0.25, -0.2) is 29.5 Å². The summed E-state index contributed by atoms with van der Waals surface area (Å²) >= 11 is 15.1. The van der Waals surface area contributed by atoms with Crippen molar-refractivity contribution in [1.82, 2.24) is 38.6 Å². The van der Waals surface area contributed by atoms with Gasteiger partial charge in [0.05, 0.1) is 35.6 Å². The lowest BCUT2D eigenvalue weighted by Crippen LogP contribution is -2.32. The van der Waals surface area contributed by atoms with Crippen LogP contribution in [0.15, 0.2) is 109 Å². The second kappa shape index (κ2) is 20.8. The first kappa shape index (κ1) is 47.4. The number of rotatable bonds is 13. The quantitative estimate of drug-likeness (QED) is 0.106. The molecule has 5 aromatic heterocycles. The third-order valence-corrected chi connectivity index (χ3v) is 12.5. The summed E-state index contributed by atoms with van der Waals surface area (Å²) in [6.07, 6.45) is 8.44. The van der Waals surface area contributed by atoms with Crippen molar-refractivity contribution >= 4 is 61.8 Å². The number of alkyl halides is 1. The lowest BCUT2D eigenvalue weighted by molar-refractivity contribution is 0.288. The normalized spacial score (nSPS) is 14.0. The number of ether oxygens (including phenoxy) is 2. The maximum Gasteiger partial charge on any atom is 0.330 e. The Morgan fingerprint density at radius 3 is 1.78 bits per heavy atom. The van der Waals surface area contributed by atoms with Crippen LogP contribution in [-0.4, -0.2) is 57.5 Å². The van der Waals surface area contributed by atoms with Crippen LogP contribution in [0, 0.1) is 11.8 Å². The van der Waals surface area contributed by atoms with Crippen LogP contribution < -0.4 is 32.0 Å². The van der Waals surface area contributed by atoms with Gasteiger partial charge in [-0.3, -0.25) is 28.7 Å². The van der Waals surface area contributed by atoms with E-state index in [-0.39, 0.29) is 17.6 Å². The number of halogens is 3. The Morgan fingerprint density at radius 2 is 1.22 bits per heavy atom. The first-order valence-corrected chi connectivity index (χ1v) is 24.1. The number of nitrogens with zero attached hydrogens (tertiary/aromatic N) is 7. The van der Waals surface area contributed by atoms with E-state index < -0.39 is 16.9 Å². The summed E-state index contributed by atoms with van der Waals surface area (Å²) in [7, 11) is 0. The molecule has 67 heavy (non-hydrogen) atoms. The van der Waals surface area contributed by atoms with Crippen molar-refractivity contribution in [3.63, 3.8) is 0 Å². The number of H-pyrrole nitrogens is 2. The molecule has 0 amide bonds. The van der Waals surface area contributed by atoms with Gasteiger partial charge in [0.1, 0.15) is 11.6 Å². The molecule has 3 aliphatic rings. The van der Waals surface area contributed by atoms with Gasteiger partial charge in [-0.15, -0.1) is 0 Å². The molecule has 2 aromatic carbocycles. The first-order valence-electron chi connectivity index (χ1n) is 22.2. The van der Waals surface area contributed by atoms with E-state index in [0.29, 0.717) is 94.4 Å². The fraction of sp³-hybridized carbons (Fsp3) is 0.347. The fourth-order valence-corrected chi connectivity index (χ4v) is 8.15. The first-order chi connectivity index (χ1) is 32.3. The number of aromatic nitrogens is 8. The highest BCUT2D eigenvalue weighted by Crippen LogP contribution is 2.35. The predicted molar refractivity (Wildman–Crippen MR) is 265 cm³/mol. The minimum absolute atomic E-state index is 0.0966. The van der Waals surface area contributed by atoms with Gasteiger partial charge in [0.25, 0.3) is 11.1 Å². The number of imidazole rings is 1. The maximum absolute atomic E-state index is 13.0. The van der Waals surface area contributed by atoms with E-state index in [1.165, 1.54) is 27.5 Å². The molecule has 1 aliphatic heterocycles. The van der Waals surface area contributed by atoms with Gasteiger partial charge in [-0.1, -0.05) is 63.4 Å². The van der Waals surface area contributed by atoms with Crippen LogP contribution in [0.3, 0.4) is 0 Å². The van der Waals surface area contributed by atoms with Crippen molar-refractivity contribution in [2.45, 2.75) is 83.8 Å². The van der Waals surface area contributed by atoms with E-state index in [0.717, 1.165) is 34.3 Å². The molecule has 0 unspecified atom stereocenters. The van der Waals surface area contributed by atoms with Gasteiger partial charge in [-0.2, -0.15) is 0 Å². The number of aliphatic imine (C=N–C) groups is 1. The zero-order valence-corrected chi connectivity index (χ0v) is 40.6. The van der Waals surface area contributed by atoms with Crippen molar-refractivity contribution in [3.8, 4) is 23.1 Å². The highest BCUT2D eigenvalue weighted by Gasteiger charge is 2.29. The van der Waals surface area contributed by atoms with Crippen molar-refractivity contribution in [2.75, 3.05) is 13.2 Å². The highest BCUT2D eigenvalue weighted by atomic mass is 79.9. The van der Waals surface area contributed by atoms with Crippen LogP contribution in [0.4, 0.5) is 5.82 Å². The van der Waals surface area contributed by atoms with Crippen LogP contribution in [0.5, 0.6) is 11.8 Å². The Labute approximate surface area is 404 Å². The molecule has 0 bridgehead atoms. The number of hydrogen-bond acceptors (Lipinski definition) is 10. The Hall–Kier alpha value is -6.10. The molecule has 0 radical (unpaired) electrons. The summed E-state index contributed by atoms with van der Waals surface area (Å²) in [6, 6.07) is 22.3. The molecule has 15 nitrogen and oxygen atoms in total. The fourth-order valence-electron chi connectivity index (χ4n) is 7.52. The summed E-state index contributed by atoms with van der Waals surface area (Å²) in [5, 5.41) is 2.31. The molecule has 2 aliphatic carbocycles. The van der Waals surface area contributed by atoms with E-state index in [1.54, 1.807) is 24.5 Å². The molecule has 7 aromatic rings. The van der Waals surface area contributed by atoms with Gasteiger partial charge in [0.15, 0.2) is 11.2 Å². The lowest BCUT2D eigenvalue weighted by Gasteiger charge is -2.13. The number of pyridine rings is 2. The summed E-state index contributed by atoms with van der Waals surface area (Å²) < 4.78 is 16.7. The van der Waals surface area contributed by atoms with Gasteiger partial charge < -0.3 is 14.0 Å². The molecule has 2 fully saturated rings. The van der Waals surface area contributed by atoms with Crippen LogP contribution in [0.25, 0.3) is 22.6 Å². The molecular formula is C49H50BrCl2N9O6. The Morgan fingerprint density at radius 1 is 0.701 bits per heavy atom. The second-order valence-corrected chi connectivity index (χ2v) is 18.7. The smallest absolute Gasteiger partial charge is 0.330 e. The standard InChI is InChI=1S/C24H24ClN5O3.C18H20N4O3.C7H6BrCl/c1-14(2)30-21-19(22(31)28-24(30)32)29(12-15-7-9-17(25)10-8-15)20(27-21)18-4-3-11-26-23(18)33-13-16-5-6-16;1-10(2)22-15-13(16(23)21-18(22)24)8-14(20-15)12-4-3-7-19-17(12)25-9-11-5-6-11;8-5-6-1-3-7(9)4-2-6/h3-4,7-11,14,16H,5-6,12-13H2,1-2H3,(H,28,31,32);3-4,7,10-11H,5-6,8-9H2,1-2H3,(H,21,23,24);1-4H,5H2. The van der Waals surface area contributed by atoms with Crippen molar-refractivity contribution in [3.05, 3.63) is 159 Å². The van der Waals surface area contributed by atoms with Crippen molar-refractivity contribution < 1.29 is 9.47 Å². The number of hydrogen-bond donors (Lipinski definition) is 2. The minimum Gasteiger partial charge on any atom is -0.477 e. The summed E-state index contributed by atoms with van der Waals surface area (Å²) in [5.41, 5.74) is 3.74. The molecule has 2 saturated carbocycles. The van der Waals surface area contributed by atoms with Crippen LogP contribution in [0.1, 0.15) is 87.7 Å². The third-order valence-electron chi connectivity index (χ3n) is 11.4. The largest absolute Gasteiger partial charge is 0.477 e. The van der Waals surface area contributed by atoms with E-state index in [2.05, 4.69) is 40.9 Å². The lowest BCUT2D eigenvalue weighted by atomic mass is 10.1. The average molecular weight is 1010 g/mol. The molecular weight excluding hydrogens is 961 g/mol. The zero-order chi connectivity index (χ0) is 47.4. The number of nitrogens with one attached hydrogen (secondary N) is 2.